The Morgan fingerprint density at radius 1 is 1.20 bits per heavy atom. The number of aryl methyl sites for hydroxylation is 1. The van der Waals surface area contributed by atoms with Crippen molar-refractivity contribution >= 4 is 22.5 Å². The van der Waals surface area contributed by atoms with Crippen LogP contribution in [0.15, 0.2) is 48.5 Å². The normalized spacial score (nSPS) is 10.7. The van der Waals surface area contributed by atoms with Gasteiger partial charge in [0, 0.05) is 11.1 Å². The van der Waals surface area contributed by atoms with Gasteiger partial charge in [0.05, 0.1) is 5.52 Å². The summed E-state index contributed by atoms with van der Waals surface area (Å²) in [5.74, 6) is -0.198. The zero-order valence-electron chi connectivity index (χ0n) is 11.2. The van der Waals surface area contributed by atoms with Crippen LogP contribution < -0.4 is 5.32 Å². The largest absolute Gasteiger partial charge is 0.321 e. The number of para-hydroxylation sites is 1. The van der Waals surface area contributed by atoms with Gasteiger partial charge in [-0.3, -0.25) is 9.89 Å². The molecule has 1 heterocycles. The second-order valence-electron chi connectivity index (χ2n) is 4.63. The third-order valence-electron chi connectivity index (χ3n) is 3.28. The Morgan fingerprint density at radius 2 is 2.05 bits per heavy atom. The smallest absolute Gasteiger partial charge is 0.276 e. The summed E-state index contributed by atoms with van der Waals surface area (Å²) in [5, 5.41) is 10.7. The first-order valence-corrected chi connectivity index (χ1v) is 6.61. The number of rotatable bonds is 3. The highest BCUT2D eigenvalue weighted by molar-refractivity contribution is 6.11. The lowest BCUT2D eigenvalue weighted by Gasteiger charge is -2.05. The molecule has 2 aromatic carbocycles. The molecule has 4 heteroatoms. The van der Waals surface area contributed by atoms with Crippen LogP contribution in [0.1, 0.15) is 23.0 Å². The van der Waals surface area contributed by atoms with Crippen molar-refractivity contribution < 1.29 is 4.79 Å². The zero-order valence-corrected chi connectivity index (χ0v) is 11.2. The van der Waals surface area contributed by atoms with Gasteiger partial charge in [0.25, 0.3) is 5.91 Å². The van der Waals surface area contributed by atoms with Crippen LogP contribution in [0, 0.1) is 0 Å². The molecule has 2 N–H and O–H groups in total. The van der Waals surface area contributed by atoms with E-state index in [-0.39, 0.29) is 5.91 Å². The lowest BCUT2D eigenvalue weighted by molar-refractivity contribution is 0.102. The van der Waals surface area contributed by atoms with E-state index in [2.05, 4.69) is 22.4 Å². The SMILES string of the molecule is CCc1cccc(NC(=O)c2n[nH]c3ccccc23)c1. The molecule has 0 aliphatic carbocycles. The number of benzene rings is 2. The summed E-state index contributed by atoms with van der Waals surface area (Å²) in [6.45, 7) is 2.09. The molecule has 0 atom stereocenters. The minimum atomic E-state index is -0.198. The summed E-state index contributed by atoms with van der Waals surface area (Å²) in [6, 6.07) is 15.4. The van der Waals surface area contributed by atoms with Crippen molar-refractivity contribution in [2.75, 3.05) is 5.32 Å². The molecule has 1 aromatic heterocycles. The first-order valence-electron chi connectivity index (χ1n) is 6.61. The summed E-state index contributed by atoms with van der Waals surface area (Å²) in [6.07, 6.45) is 0.940. The van der Waals surface area contributed by atoms with Gasteiger partial charge < -0.3 is 5.32 Å². The molecule has 0 bridgehead atoms. The molecule has 1 amide bonds. The van der Waals surface area contributed by atoms with Crippen molar-refractivity contribution in [2.24, 2.45) is 0 Å². The van der Waals surface area contributed by atoms with Gasteiger partial charge in [-0.15, -0.1) is 0 Å². The van der Waals surface area contributed by atoms with Crippen molar-refractivity contribution in [3.8, 4) is 0 Å². The molecule has 0 aliphatic heterocycles. The molecule has 0 saturated heterocycles. The number of anilines is 1. The lowest BCUT2D eigenvalue weighted by Crippen LogP contribution is -2.12. The topological polar surface area (TPSA) is 57.8 Å². The van der Waals surface area contributed by atoms with E-state index < -0.39 is 0 Å². The first-order chi connectivity index (χ1) is 9.78. The number of hydrogen-bond acceptors (Lipinski definition) is 2. The van der Waals surface area contributed by atoms with Gasteiger partial charge in [0.2, 0.25) is 0 Å². The fourth-order valence-corrected chi connectivity index (χ4v) is 2.20. The number of aromatic nitrogens is 2. The molecule has 100 valence electrons. The van der Waals surface area contributed by atoms with E-state index in [9.17, 15) is 4.79 Å². The molecular weight excluding hydrogens is 250 g/mol. The summed E-state index contributed by atoms with van der Waals surface area (Å²) in [5.41, 5.74) is 3.26. The molecule has 3 rings (SSSR count). The van der Waals surface area contributed by atoms with Gasteiger partial charge in [-0.1, -0.05) is 37.3 Å². The Balaban J connectivity index is 1.89. The highest BCUT2D eigenvalue weighted by atomic mass is 16.1. The van der Waals surface area contributed by atoms with Crippen LogP contribution in [-0.4, -0.2) is 16.1 Å². The molecular formula is C16H15N3O. The van der Waals surface area contributed by atoms with E-state index in [1.165, 1.54) is 5.56 Å². The molecule has 0 aliphatic rings. The minimum absolute atomic E-state index is 0.198. The van der Waals surface area contributed by atoms with Gasteiger partial charge in [0.15, 0.2) is 5.69 Å². The summed E-state index contributed by atoms with van der Waals surface area (Å²) < 4.78 is 0. The van der Waals surface area contributed by atoms with Crippen LogP contribution in [0.3, 0.4) is 0 Å². The number of amides is 1. The quantitative estimate of drug-likeness (QED) is 0.762. The Kier molecular flexibility index (Phi) is 3.21. The highest BCUT2D eigenvalue weighted by Gasteiger charge is 2.13. The maximum atomic E-state index is 12.3. The van der Waals surface area contributed by atoms with E-state index in [1.807, 2.05) is 48.5 Å². The van der Waals surface area contributed by atoms with Gasteiger partial charge in [0.1, 0.15) is 0 Å². The zero-order chi connectivity index (χ0) is 13.9. The minimum Gasteiger partial charge on any atom is -0.321 e. The number of H-pyrrole nitrogens is 1. The molecule has 3 aromatic rings. The fourth-order valence-electron chi connectivity index (χ4n) is 2.20. The Bertz CT molecular complexity index is 761. The summed E-state index contributed by atoms with van der Waals surface area (Å²) >= 11 is 0. The maximum Gasteiger partial charge on any atom is 0.276 e. The second kappa shape index (κ2) is 5.17. The standard InChI is InChI=1S/C16H15N3O/c1-2-11-6-5-7-12(10-11)17-16(20)15-13-8-3-4-9-14(13)18-19-15/h3-10H,2H2,1H3,(H,17,20)(H,18,19). The van der Waals surface area contributed by atoms with E-state index in [0.717, 1.165) is 23.0 Å². The predicted molar refractivity (Wildman–Crippen MR) is 79.9 cm³/mol. The highest BCUT2D eigenvalue weighted by Crippen LogP contribution is 2.17. The number of nitrogens with zero attached hydrogens (tertiary/aromatic N) is 1. The Hall–Kier alpha value is -2.62. The number of hydrogen-bond donors (Lipinski definition) is 2. The lowest BCUT2D eigenvalue weighted by atomic mass is 10.1. The van der Waals surface area contributed by atoms with E-state index in [0.29, 0.717) is 5.69 Å². The van der Waals surface area contributed by atoms with Crippen LogP contribution in [-0.2, 0) is 6.42 Å². The summed E-state index contributed by atoms with van der Waals surface area (Å²) in [4.78, 5) is 12.3. The molecule has 4 nitrogen and oxygen atoms in total. The number of fused-ring (bicyclic) bond motifs is 1. The van der Waals surface area contributed by atoms with Crippen molar-refractivity contribution in [1.82, 2.24) is 10.2 Å². The van der Waals surface area contributed by atoms with E-state index >= 15 is 0 Å². The molecule has 0 fully saturated rings. The predicted octanol–water partition coefficient (Wildman–Crippen LogP) is 3.38. The summed E-state index contributed by atoms with van der Waals surface area (Å²) in [7, 11) is 0. The van der Waals surface area contributed by atoms with Crippen LogP contribution in [0.2, 0.25) is 0 Å². The van der Waals surface area contributed by atoms with Crippen LogP contribution in [0.4, 0.5) is 5.69 Å². The first kappa shape index (κ1) is 12.4. The number of carbonyl (C=O) groups is 1. The maximum absolute atomic E-state index is 12.3. The number of nitrogens with one attached hydrogen (secondary N) is 2. The fraction of sp³-hybridized carbons (Fsp3) is 0.125. The van der Waals surface area contributed by atoms with Gasteiger partial charge in [-0.05, 0) is 30.2 Å². The van der Waals surface area contributed by atoms with Crippen LogP contribution >= 0.6 is 0 Å². The average Bonchev–Trinajstić information content (AvgIpc) is 2.91. The number of carbonyl (C=O) groups excluding carboxylic acids is 1. The average molecular weight is 265 g/mol. The molecule has 0 saturated carbocycles. The monoisotopic (exact) mass is 265 g/mol. The van der Waals surface area contributed by atoms with Gasteiger partial charge in [-0.2, -0.15) is 5.10 Å². The molecule has 0 unspecified atom stereocenters. The van der Waals surface area contributed by atoms with Crippen LogP contribution in [0.25, 0.3) is 10.9 Å². The van der Waals surface area contributed by atoms with Crippen molar-refractivity contribution in [3.63, 3.8) is 0 Å². The molecule has 20 heavy (non-hydrogen) atoms. The molecule has 0 spiro atoms. The third kappa shape index (κ3) is 2.28. The Labute approximate surface area is 116 Å². The van der Waals surface area contributed by atoms with Gasteiger partial charge >= 0.3 is 0 Å². The van der Waals surface area contributed by atoms with Crippen molar-refractivity contribution in [2.45, 2.75) is 13.3 Å². The van der Waals surface area contributed by atoms with E-state index in [4.69, 9.17) is 0 Å². The molecule has 0 radical (unpaired) electrons. The second-order valence-corrected chi connectivity index (χ2v) is 4.63. The van der Waals surface area contributed by atoms with E-state index in [1.54, 1.807) is 0 Å². The van der Waals surface area contributed by atoms with Crippen molar-refractivity contribution in [1.29, 1.82) is 0 Å². The third-order valence-corrected chi connectivity index (χ3v) is 3.28. The van der Waals surface area contributed by atoms with Crippen LogP contribution in [0.5, 0.6) is 0 Å². The number of aromatic amines is 1. The van der Waals surface area contributed by atoms with Crippen molar-refractivity contribution in [3.05, 3.63) is 59.8 Å². The Morgan fingerprint density at radius 3 is 2.90 bits per heavy atom. The van der Waals surface area contributed by atoms with Gasteiger partial charge in [-0.25, -0.2) is 0 Å².